The highest BCUT2D eigenvalue weighted by Crippen LogP contribution is 2.18. The minimum atomic E-state index is 0.162. The smallest absolute Gasteiger partial charge is 0.254 e. The van der Waals surface area contributed by atoms with Crippen LogP contribution >= 0.6 is 0 Å². The Kier molecular flexibility index (Phi) is 3.82. The first-order valence-electron chi connectivity index (χ1n) is 6.13. The molecule has 0 aliphatic carbocycles. The van der Waals surface area contributed by atoms with E-state index in [1.165, 1.54) is 5.56 Å². The highest BCUT2D eigenvalue weighted by molar-refractivity contribution is 5.96. The van der Waals surface area contributed by atoms with Crippen LogP contribution in [0.25, 0.3) is 0 Å². The van der Waals surface area contributed by atoms with E-state index in [-0.39, 0.29) is 5.91 Å². The second-order valence-electron chi connectivity index (χ2n) is 4.36. The quantitative estimate of drug-likeness (QED) is 0.574. The maximum Gasteiger partial charge on any atom is 0.254 e. The van der Waals surface area contributed by atoms with Crippen LogP contribution in [-0.2, 0) is 6.42 Å². The standard InChI is InChI=1S/C15H17NO/c1-2-3-6-11-16-12-7-9-13-8-4-5-10-14(13)15(16)17/h1,4-5,8,10H,3,6-7,9,11-12H2. The molecule has 17 heavy (non-hydrogen) atoms. The third kappa shape index (κ3) is 2.68. The molecule has 1 aromatic carbocycles. The highest BCUT2D eigenvalue weighted by atomic mass is 16.2. The average Bonchev–Trinajstić information content (AvgIpc) is 2.51. The van der Waals surface area contributed by atoms with Gasteiger partial charge in [-0.05, 0) is 30.9 Å². The van der Waals surface area contributed by atoms with Crippen LogP contribution in [0.1, 0.15) is 35.2 Å². The monoisotopic (exact) mass is 227 g/mol. The van der Waals surface area contributed by atoms with Crippen molar-refractivity contribution in [1.82, 2.24) is 4.90 Å². The van der Waals surface area contributed by atoms with Crippen molar-refractivity contribution in [3.05, 3.63) is 35.4 Å². The van der Waals surface area contributed by atoms with Crippen LogP contribution in [0.15, 0.2) is 24.3 Å². The molecule has 0 N–H and O–H groups in total. The van der Waals surface area contributed by atoms with E-state index in [0.29, 0.717) is 0 Å². The van der Waals surface area contributed by atoms with E-state index in [4.69, 9.17) is 6.42 Å². The van der Waals surface area contributed by atoms with E-state index in [2.05, 4.69) is 12.0 Å². The molecule has 1 aliphatic heterocycles. The summed E-state index contributed by atoms with van der Waals surface area (Å²) in [5, 5.41) is 0. The van der Waals surface area contributed by atoms with E-state index in [1.54, 1.807) is 0 Å². The maximum absolute atomic E-state index is 12.3. The summed E-state index contributed by atoms with van der Waals surface area (Å²) in [6, 6.07) is 7.91. The minimum Gasteiger partial charge on any atom is -0.339 e. The molecule has 0 unspecified atom stereocenters. The third-order valence-electron chi connectivity index (χ3n) is 3.16. The molecular weight excluding hydrogens is 210 g/mol. The third-order valence-corrected chi connectivity index (χ3v) is 3.16. The maximum atomic E-state index is 12.3. The van der Waals surface area contributed by atoms with Crippen molar-refractivity contribution in [3.8, 4) is 12.3 Å². The van der Waals surface area contributed by atoms with Gasteiger partial charge in [-0.2, -0.15) is 0 Å². The summed E-state index contributed by atoms with van der Waals surface area (Å²) in [6.07, 6.45) is 8.90. The molecule has 1 heterocycles. The van der Waals surface area contributed by atoms with Gasteiger partial charge < -0.3 is 4.90 Å². The van der Waals surface area contributed by atoms with Crippen molar-refractivity contribution >= 4 is 5.91 Å². The fraction of sp³-hybridized carbons (Fsp3) is 0.400. The van der Waals surface area contributed by atoms with Crippen LogP contribution in [0.2, 0.25) is 0 Å². The van der Waals surface area contributed by atoms with Gasteiger partial charge in [0.2, 0.25) is 0 Å². The van der Waals surface area contributed by atoms with Gasteiger partial charge in [-0.25, -0.2) is 0 Å². The molecule has 1 aromatic rings. The molecule has 0 atom stereocenters. The van der Waals surface area contributed by atoms with Gasteiger partial charge in [0.15, 0.2) is 0 Å². The van der Waals surface area contributed by atoms with Crippen molar-refractivity contribution < 1.29 is 4.79 Å². The fourth-order valence-corrected chi connectivity index (χ4v) is 2.26. The van der Waals surface area contributed by atoms with Crippen LogP contribution in [0.4, 0.5) is 0 Å². The van der Waals surface area contributed by atoms with E-state index in [0.717, 1.165) is 44.3 Å². The number of fused-ring (bicyclic) bond motifs is 1. The van der Waals surface area contributed by atoms with Crippen LogP contribution < -0.4 is 0 Å². The number of hydrogen-bond acceptors (Lipinski definition) is 1. The number of aryl methyl sites for hydroxylation is 1. The van der Waals surface area contributed by atoms with Gasteiger partial charge in [0.25, 0.3) is 5.91 Å². The molecule has 1 aliphatic rings. The molecule has 1 amide bonds. The van der Waals surface area contributed by atoms with Crippen molar-refractivity contribution in [3.63, 3.8) is 0 Å². The Balaban J connectivity index is 2.12. The van der Waals surface area contributed by atoms with Gasteiger partial charge in [0.05, 0.1) is 0 Å². The predicted octanol–water partition coefficient (Wildman–Crippen LogP) is 2.49. The molecule has 0 aromatic heterocycles. The average molecular weight is 227 g/mol. The molecule has 0 spiro atoms. The van der Waals surface area contributed by atoms with E-state index >= 15 is 0 Å². The van der Waals surface area contributed by atoms with Crippen LogP contribution in [0.5, 0.6) is 0 Å². The summed E-state index contributed by atoms with van der Waals surface area (Å²) in [6.45, 7) is 1.62. The molecule has 88 valence electrons. The zero-order chi connectivity index (χ0) is 12.1. The number of rotatable bonds is 3. The Morgan fingerprint density at radius 2 is 2.18 bits per heavy atom. The van der Waals surface area contributed by atoms with Gasteiger partial charge in [-0.3, -0.25) is 4.79 Å². The Labute approximate surface area is 103 Å². The van der Waals surface area contributed by atoms with Gasteiger partial charge in [0, 0.05) is 25.1 Å². The number of carbonyl (C=O) groups is 1. The second-order valence-corrected chi connectivity index (χ2v) is 4.36. The molecule has 2 rings (SSSR count). The number of amides is 1. The van der Waals surface area contributed by atoms with Gasteiger partial charge in [0.1, 0.15) is 0 Å². The molecular formula is C15H17NO. The van der Waals surface area contributed by atoms with Crippen LogP contribution in [0.3, 0.4) is 0 Å². The normalized spacial score (nSPS) is 15.0. The number of carbonyl (C=O) groups excluding carboxylic acids is 1. The van der Waals surface area contributed by atoms with E-state index in [9.17, 15) is 4.79 Å². The lowest BCUT2D eigenvalue weighted by Gasteiger charge is -2.20. The Hall–Kier alpha value is -1.75. The first kappa shape index (κ1) is 11.7. The van der Waals surface area contributed by atoms with E-state index in [1.807, 2.05) is 23.1 Å². The lowest BCUT2D eigenvalue weighted by molar-refractivity contribution is 0.0759. The zero-order valence-corrected chi connectivity index (χ0v) is 9.98. The zero-order valence-electron chi connectivity index (χ0n) is 9.98. The van der Waals surface area contributed by atoms with Crippen LogP contribution in [0, 0.1) is 12.3 Å². The number of nitrogens with zero attached hydrogens (tertiary/aromatic N) is 1. The SMILES string of the molecule is C#CCCCN1CCCc2ccccc2C1=O. The fourth-order valence-electron chi connectivity index (χ4n) is 2.26. The summed E-state index contributed by atoms with van der Waals surface area (Å²) in [7, 11) is 0. The molecule has 2 nitrogen and oxygen atoms in total. The van der Waals surface area contributed by atoms with E-state index < -0.39 is 0 Å². The summed E-state index contributed by atoms with van der Waals surface area (Å²) in [5.41, 5.74) is 2.04. The van der Waals surface area contributed by atoms with Gasteiger partial charge in [-0.1, -0.05) is 18.2 Å². The first-order valence-corrected chi connectivity index (χ1v) is 6.13. The number of terminal acetylenes is 1. The Morgan fingerprint density at radius 3 is 3.00 bits per heavy atom. The van der Waals surface area contributed by atoms with Crippen molar-refractivity contribution in [2.24, 2.45) is 0 Å². The number of benzene rings is 1. The van der Waals surface area contributed by atoms with Crippen LogP contribution in [-0.4, -0.2) is 23.9 Å². The second kappa shape index (κ2) is 5.54. The van der Waals surface area contributed by atoms with Crippen molar-refractivity contribution in [2.75, 3.05) is 13.1 Å². The summed E-state index contributed by atoms with van der Waals surface area (Å²) in [4.78, 5) is 14.2. The summed E-state index contributed by atoms with van der Waals surface area (Å²) < 4.78 is 0. The highest BCUT2D eigenvalue weighted by Gasteiger charge is 2.20. The lowest BCUT2D eigenvalue weighted by atomic mass is 10.0. The topological polar surface area (TPSA) is 20.3 Å². The Bertz CT molecular complexity index is 444. The largest absolute Gasteiger partial charge is 0.339 e. The first-order chi connectivity index (χ1) is 8.33. The summed E-state index contributed by atoms with van der Waals surface area (Å²) in [5.74, 6) is 2.78. The lowest BCUT2D eigenvalue weighted by Crippen LogP contribution is -2.31. The molecule has 2 heteroatoms. The minimum absolute atomic E-state index is 0.162. The summed E-state index contributed by atoms with van der Waals surface area (Å²) >= 11 is 0. The Morgan fingerprint density at radius 1 is 1.35 bits per heavy atom. The van der Waals surface area contributed by atoms with Crippen molar-refractivity contribution in [2.45, 2.75) is 25.7 Å². The van der Waals surface area contributed by atoms with Gasteiger partial charge >= 0.3 is 0 Å². The molecule has 0 saturated carbocycles. The molecule has 0 radical (unpaired) electrons. The molecule has 0 bridgehead atoms. The number of hydrogen-bond donors (Lipinski definition) is 0. The molecule has 0 fully saturated rings. The van der Waals surface area contributed by atoms with Gasteiger partial charge in [-0.15, -0.1) is 12.3 Å². The molecule has 0 saturated heterocycles. The predicted molar refractivity (Wildman–Crippen MR) is 68.7 cm³/mol. The van der Waals surface area contributed by atoms with Crippen molar-refractivity contribution in [1.29, 1.82) is 0 Å². The number of unbranched alkanes of at least 4 members (excludes halogenated alkanes) is 1.